The van der Waals surface area contributed by atoms with Gasteiger partial charge in [-0.3, -0.25) is 4.72 Å². The van der Waals surface area contributed by atoms with Gasteiger partial charge < -0.3 is 10.5 Å². The van der Waals surface area contributed by atoms with Crippen LogP contribution in [-0.4, -0.2) is 25.5 Å². The third-order valence-corrected chi connectivity index (χ3v) is 6.31. The summed E-state index contributed by atoms with van der Waals surface area (Å²) in [5.74, 6) is 0.407. The van der Waals surface area contributed by atoms with Crippen LogP contribution in [0.5, 0.6) is 5.88 Å². The van der Waals surface area contributed by atoms with Crippen LogP contribution in [0, 0.1) is 13.8 Å². The van der Waals surface area contributed by atoms with Gasteiger partial charge in [-0.25, -0.2) is 18.4 Å². The highest BCUT2D eigenvalue weighted by atomic mass is 32.2. The van der Waals surface area contributed by atoms with Gasteiger partial charge in [-0.2, -0.15) is 0 Å². The summed E-state index contributed by atoms with van der Waals surface area (Å²) < 4.78 is 33.2. The van der Waals surface area contributed by atoms with Crippen molar-refractivity contribution < 1.29 is 13.2 Å². The maximum Gasteiger partial charge on any atom is 0.262 e. The Bertz CT molecular complexity index is 1040. The molecule has 2 heterocycles. The van der Waals surface area contributed by atoms with Crippen molar-refractivity contribution in [2.24, 2.45) is 0 Å². The van der Waals surface area contributed by atoms with E-state index in [0.29, 0.717) is 22.3 Å². The summed E-state index contributed by atoms with van der Waals surface area (Å²) >= 11 is 1.33. The minimum Gasteiger partial charge on any atom is -0.481 e. The molecule has 3 aromatic rings. The van der Waals surface area contributed by atoms with E-state index in [9.17, 15) is 8.42 Å². The number of rotatable bonds is 5. The van der Waals surface area contributed by atoms with Gasteiger partial charge in [0.25, 0.3) is 10.0 Å². The van der Waals surface area contributed by atoms with Crippen LogP contribution in [0.15, 0.2) is 41.4 Å². The summed E-state index contributed by atoms with van der Waals surface area (Å²) in [6.07, 6.45) is 1.41. The molecular formula is C17H18N4O3S2. The summed E-state index contributed by atoms with van der Waals surface area (Å²) in [6, 6.07) is 8.45. The standard InChI is InChI=1S/C17H18N4O3S2/c1-10-4-5-12(16-11(2)20-17(18)25-16)8-14(10)26(22,23)21-13-6-7-15(24-3)19-9-13/h4-9,21H,1-3H3,(H2,18,20). The van der Waals surface area contributed by atoms with E-state index in [2.05, 4.69) is 14.7 Å². The molecule has 0 saturated carbocycles. The first-order valence-corrected chi connectivity index (χ1v) is 9.97. The molecule has 9 heteroatoms. The number of pyridine rings is 1. The number of sulfonamides is 1. The van der Waals surface area contributed by atoms with Crippen LogP contribution in [0.4, 0.5) is 10.8 Å². The highest BCUT2D eigenvalue weighted by Crippen LogP contribution is 2.33. The van der Waals surface area contributed by atoms with Crippen LogP contribution in [-0.2, 0) is 10.0 Å². The number of hydrogen-bond donors (Lipinski definition) is 2. The molecule has 0 unspecified atom stereocenters. The molecule has 2 aromatic heterocycles. The smallest absolute Gasteiger partial charge is 0.262 e. The van der Waals surface area contributed by atoms with E-state index in [1.165, 1.54) is 24.6 Å². The van der Waals surface area contributed by atoms with Crippen molar-refractivity contribution in [3.8, 4) is 16.3 Å². The maximum atomic E-state index is 12.8. The van der Waals surface area contributed by atoms with Crippen molar-refractivity contribution in [2.45, 2.75) is 18.7 Å². The van der Waals surface area contributed by atoms with Gasteiger partial charge in [0, 0.05) is 6.07 Å². The Kier molecular flexibility index (Phi) is 4.84. The van der Waals surface area contributed by atoms with Gasteiger partial charge in [0.2, 0.25) is 5.88 Å². The number of nitrogens with zero attached hydrogens (tertiary/aromatic N) is 2. The number of aromatic nitrogens is 2. The average Bonchev–Trinajstić information content (AvgIpc) is 2.94. The molecule has 0 aliphatic carbocycles. The van der Waals surface area contributed by atoms with E-state index >= 15 is 0 Å². The third-order valence-electron chi connectivity index (χ3n) is 3.75. The first-order valence-electron chi connectivity index (χ1n) is 7.67. The second-order valence-corrected chi connectivity index (χ2v) is 8.32. The minimum atomic E-state index is -3.78. The molecule has 136 valence electrons. The lowest BCUT2D eigenvalue weighted by atomic mass is 10.1. The maximum absolute atomic E-state index is 12.8. The van der Waals surface area contributed by atoms with E-state index in [-0.39, 0.29) is 4.90 Å². The van der Waals surface area contributed by atoms with Crippen LogP contribution in [0.3, 0.4) is 0 Å². The number of nitrogen functional groups attached to an aromatic ring is 1. The fourth-order valence-corrected chi connectivity index (χ4v) is 4.63. The molecule has 3 N–H and O–H groups in total. The lowest BCUT2D eigenvalue weighted by Gasteiger charge is -2.12. The zero-order valence-corrected chi connectivity index (χ0v) is 16.1. The highest BCUT2D eigenvalue weighted by molar-refractivity contribution is 7.92. The molecule has 0 spiro atoms. The van der Waals surface area contributed by atoms with E-state index < -0.39 is 10.0 Å². The molecular weight excluding hydrogens is 372 g/mol. The Morgan fingerprint density at radius 3 is 2.54 bits per heavy atom. The number of hydrogen-bond acceptors (Lipinski definition) is 7. The van der Waals surface area contributed by atoms with Crippen LogP contribution in [0.25, 0.3) is 10.4 Å². The predicted octanol–water partition coefficient (Wildman–Crippen LogP) is 3.21. The largest absolute Gasteiger partial charge is 0.481 e. The van der Waals surface area contributed by atoms with Gasteiger partial charge in [0.05, 0.1) is 34.5 Å². The van der Waals surface area contributed by atoms with Gasteiger partial charge in [0.15, 0.2) is 5.13 Å². The molecule has 3 rings (SSSR count). The first kappa shape index (κ1) is 18.2. The second kappa shape index (κ2) is 6.93. The summed E-state index contributed by atoms with van der Waals surface area (Å²) in [5.41, 5.74) is 8.28. The van der Waals surface area contributed by atoms with Gasteiger partial charge in [-0.1, -0.05) is 23.5 Å². The molecule has 0 fully saturated rings. The Morgan fingerprint density at radius 1 is 1.19 bits per heavy atom. The topological polar surface area (TPSA) is 107 Å². The van der Waals surface area contributed by atoms with Crippen molar-refractivity contribution >= 4 is 32.2 Å². The van der Waals surface area contributed by atoms with E-state index in [1.807, 2.05) is 13.0 Å². The number of anilines is 2. The van der Waals surface area contributed by atoms with Crippen molar-refractivity contribution in [3.05, 3.63) is 47.8 Å². The van der Waals surface area contributed by atoms with Crippen LogP contribution >= 0.6 is 11.3 Å². The predicted molar refractivity (Wildman–Crippen MR) is 103 cm³/mol. The van der Waals surface area contributed by atoms with E-state index in [4.69, 9.17) is 10.5 Å². The molecule has 1 aromatic carbocycles. The molecule has 0 amide bonds. The Balaban J connectivity index is 1.98. The number of methoxy groups -OCH3 is 1. The summed E-state index contributed by atoms with van der Waals surface area (Å²) in [4.78, 5) is 9.25. The minimum absolute atomic E-state index is 0.192. The van der Waals surface area contributed by atoms with Gasteiger partial charge in [-0.15, -0.1) is 0 Å². The number of nitrogens with two attached hydrogens (primary N) is 1. The fraction of sp³-hybridized carbons (Fsp3) is 0.176. The van der Waals surface area contributed by atoms with Crippen molar-refractivity contribution in [1.82, 2.24) is 9.97 Å². The molecule has 0 bridgehead atoms. The van der Waals surface area contributed by atoms with Crippen molar-refractivity contribution in [2.75, 3.05) is 17.6 Å². The summed E-state index contributed by atoms with van der Waals surface area (Å²) in [6.45, 7) is 3.59. The summed E-state index contributed by atoms with van der Waals surface area (Å²) in [7, 11) is -2.28. The number of ether oxygens (including phenoxy) is 1. The second-order valence-electron chi connectivity index (χ2n) is 5.64. The molecule has 7 nitrogen and oxygen atoms in total. The van der Waals surface area contributed by atoms with E-state index in [0.717, 1.165) is 16.1 Å². The van der Waals surface area contributed by atoms with Crippen LogP contribution < -0.4 is 15.2 Å². The number of benzene rings is 1. The number of aryl methyl sites for hydroxylation is 2. The Hall–Kier alpha value is -2.65. The Labute approximate surface area is 155 Å². The normalized spacial score (nSPS) is 11.3. The van der Waals surface area contributed by atoms with Crippen molar-refractivity contribution in [1.29, 1.82) is 0 Å². The third kappa shape index (κ3) is 3.63. The zero-order valence-electron chi connectivity index (χ0n) is 14.5. The SMILES string of the molecule is COc1ccc(NS(=O)(=O)c2cc(-c3sc(N)nc3C)ccc2C)cn1. The molecule has 0 aliphatic rings. The van der Waals surface area contributed by atoms with Crippen LogP contribution in [0.2, 0.25) is 0 Å². The van der Waals surface area contributed by atoms with Gasteiger partial charge >= 0.3 is 0 Å². The zero-order chi connectivity index (χ0) is 18.9. The van der Waals surface area contributed by atoms with Crippen LogP contribution in [0.1, 0.15) is 11.3 Å². The van der Waals surface area contributed by atoms with Crippen molar-refractivity contribution in [3.63, 3.8) is 0 Å². The van der Waals surface area contributed by atoms with Gasteiger partial charge in [-0.05, 0) is 37.1 Å². The monoisotopic (exact) mass is 390 g/mol. The quantitative estimate of drug-likeness (QED) is 0.693. The average molecular weight is 390 g/mol. The fourth-order valence-electron chi connectivity index (χ4n) is 2.49. The Morgan fingerprint density at radius 2 is 1.96 bits per heavy atom. The molecule has 26 heavy (non-hydrogen) atoms. The van der Waals surface area contributed by atoms with E-state index in [1.54, 1.807) is 31.2 Å². The summed E-state index contributed by atoms with van der Waals surface area (Å²) in [5, 5.41) is 0.449. The molecule has 0 radical (unpaired) electrons. The lowest BCUT2D eigenvalue weighted by Crippen LogP contribution is -2.14. The molecule has 0 saturated heterocycles. The van der Waals surface area contributed by atoms with Gasteiger partial charge in [0.1, 0.15) is 0 Å². The first-order chi connectivity index (χ1) is 12.3. The lowest BCUT2D eigenvalue weighted by molar-refractivity contribution is 0.398. The molecule has 0 aliphatic heterocycles. The molecule has 0 atom stereocenters. The number of thiazole rings is 1. The number of nitrogens with one attached hydrogen (secondary N) is 1. The highest BCUT2D eigenvalue weighted by Gasteiger charge is 2.19.